The molecule has 1 aliphatic rings. The van der Waals surface area contributed by atoms with Gasteiger partial charge in [-0.05, 0) is 17.2 Å². The lowest BCUT2D eigenvalue weighted by Gasteiger charge is -2.22. The summed E-state index contributed by atoms with van der Waals surface area (Å²) in [4.78, 5) is 11.1. The monoisotopic (exact) mass is 340 g/mol. The smallest absolute Gasteiger partial charge is 0.127 e. The fourth-order valence-electron chi connectivity index (χ4n) is 3.28. The van der Waals surface area contributed by atoms with Crippen LogP contribution in [0.1, 0.15) is 11.1 Å². The average Bonchev–Trinajstić information content (AvgIpc) is 2.77. The highest BCUT2D eigenvalue weighted by atomic mass is 16.3. The highest BCUT2D eigenvalue weighted by Crippen LogP contribution is 2.13. The van der Waals surface area contributed by atoms with Crippen LogP contribution in [0.25, 0.3) is 0 Å². The molecule has 0 bridgehead atoms. The quantitative estimate of drug-likeness (QED) is 0.899. The number of aliphatic hydroxyl groups is 1. The molecule has 5 heteroatoms. The topological polar surface area (TPSA) is 42.8 Å². The molecule has 0 amide bonds. The molecule has 3 rings (SSSR count). The molecule has 1 atom stereocenters. The maximum atomic E-state index is 10.4. The lowest BCUT2D eigenvalue weighted by Crippen LogP contribution is -2.33. The minimum absolute atomic E-state index is 0.319. The third-order valence-corrected chi connectivity index (χ3v) is 4.59. The van der Waals surface area contributed by atoms with Crippen LogP contribution in [0.3, 0.4) is 0 Å². The predicted octanol–water partition coefficient (Wildman–Crippen LogP) is 1.83. The Kier molecular flexibility index (Phi) is 6.02. The van der Waals surface area contributed by atoms with Crippen LogP contribution in [0.4, 0.5) is 5.82 Å². The van der Waals surface area contributed by atoms with Gasteiger partial charge in [-0.1, -0.05) is 36.4 Å². The summed E-state index contributed by atoms with van der Waals surface area (Å²) in [5.41, 5.74) is 2.49. The van der Waals surface area contributed by atoms with E-state index in [9.17, 15) is 5.11 Å². The molecule has 0 radical (unpaired) electrons. The number of benzene rings is 1. The number of nitrogens with zero attached hydrogens (tertiary/aromatic N) is 4. The minimum atomic E-state index is -0.319. The number of anilines is 1. The second-order valence-corrected chi connectivity index (χ2v) is 7.03. The van der Waals surface area contributed by atoms with E-state index in [0.29, 0.717) is 6.54 Å². The Labute approximate surface area is 150 Å². The van der Waals surface area contributed by atoms with Crippen LogP contribution in [0.5, 0.6) is 0 Å². The maximum absolute atomic E-state index is 10.4. The van der Waals surface area contributed by atoms with E-state index >= 15 is 0 Å². The first-order valence-electron chi connectivity index (χ1n) is 8.89. The second-order valence-electron chi connectivity index (χ2n) is 7.03. The first kappa shape index (κ1) is 17.9. The summed E-state index contributed by atoms with van der Waals surface area (Å²) in [5.74, 6) is 0.966. The summed E-state index contributed by atoms with van der Waals surface area (Å²) in [6, 6.07) is 14.6. The van der Waals surface area contributed by atoms with Crippen molar-refractivity contribution < 1.29 is 5.11 Å². The van der Waals surface area contributed by atoms with Crippen molar-refractivity contribution in [3.63, 3.8) is 0 Å². The molecule has 2 aromatic rings. The molecule has 2 heterocycles. The largest absolute Gasteiger partial charge is 0.390 e. The Morgan fingerprint density at radius 1 is 0.960 bits per heavy atom. The predicted molar refractivity (Wildman–Crippen MR) is 102 cm³/mol. The van der Waals surface area contributed by atoms with E-state index in [2.05, 4.69) is 45.1 Å². The fourth-order valence-corrected chi connectivity index (χ4v) is 3.28. The van der Waals surface area contributed by atoms with Crippen LogP contribution < -0.4 is 4.90 Å². The average molecular weight is 340 g/mol. The first-order valence-corrected chi connectivity index (χ1v) is 8.89. The highest BCUT2D eigenvalue weighted by molar-refractivity contribution is 5.37. The van der Waals surface area contributed by atoms with Crippen molar-refractivity contribution in [1.82, 2.24) is 14.8 Å². The molecule has 1 aromatic carbocycles. The van der Waals surface area contributed by atoms with Crippen LogP contribution in [-0.2, 0) is 13.1 Å². The molecule has 1 unspecified atom stereocenters. The molecule has 1 fully saturated rings. The summed E-state index contributed by atoms with van der Waals surface area (Å²) < 4.78 is 0. The molecule has 1 aromatic heterocycles. The van der Waals surface area contributed by atoms with Gasteiger partial charge in [0.15, 0.2) is 0 Å². The molecular weight excluding hydrogens is 312 g/mol. The summed E-state index contributed by atoms with van der Waals surface area (Å²) in [6.07, 6.45) is 1.62. The number of β-amino-alcohol motifs (C(OH)–C–C–N with tert-alkyl or cyclic N) is 1. The highest BCUT2D eigenvalue weighted by Gasteiger charge is 2.21. The lowest BCUT2D eigenvalue weighted by atomic mass is 10.2. The maximum Gasteiger partial charge on any atom is 0.127 e. The van der Waals surface area contributed by atoms with Crippen molar-refractivity contribution in [2.45, 2.75) is 19.2 Å². The van der Waals surface area contributed by atoms with Crippen LogP contribution in [-0.4, -0.2) is 66.3 Å². The number of aromatic nitrogens is 1. The van der Waals surface area contributed by atoms with Gasteiger partial charge in [0.2, 0.25) is 0 Å². The van der Waals surface area contributed by atoms with Gasteiger partial charge >= 0.3 is 0 Å². The van der Waals surface area contributed by atoms with E-state index in [1.54, 1.807) is 0 Å². The van der Waals surface area contributed by atoms with Crippen molar-refractivity contribution in [2.75, 3.05) is 45.2 Å². The lowest BCUT2D eigenvalue weighted by molar-refractivity contribution is 0.106. The Balaban J connectivity index is 1.57. The van der Waals surface area contributed by atoms with Gasteiger partial charge in [0, 0.05) is 59.6 Å². The van der Waals surface area contributed by atoms with Crippen molar-refractivity contribution in [2.24, 2.45) is 0 Å². The third kappa shape index (κ3) is 5.26. The molecule has 1 aliphatic heterocycles. The molecule has 25 heavy (non-hydrogen) atoms. The molecule has 1 N–H and O–H groups in total. The Morgan fingerprint density at radius 2 is 1.60 bits per heavy atom. The van der Waals surface area contributed by atoms with Crippen LogP contribution in [0.2, 0.25) is 0 Å². The van der Waals surface area contributed by atoms with Crippen molar-refractivity contribution >= 4 is 5.82 Å². The normalized spacial score (nSPS) is 19.6. The Bertz CT molecular complexity index is 645. The molecular formula is C20H28N4O. The van der Waals surface area contributed by atoms with Gasteiger partial charge in [0.1, 0.15) is 5.82 Å². The summed E-state index contributed by atoms with van der Waals surface area (Å²) in [6.45, 7) is 5.08. The molecule has 134 valence electrons. The van der Waals surface area contributed by atoms with Crippen molar-refractivity contribution in [3.05, 3.63) is 59.8 Å². The molecule has 1 saturated heterocycles. The third-order valence-electron chi connectivity index (χ3n) is 4.59. The number of hydrogen-bond donors (Lipinski definition) is 1. The molecule has 0 aliphatic carbocycles. The number of pyridine rings is 1. The van der Waals surface area contributed by atoms with Gasteiger partial charge in [0.25, 0.3) is 0 Å². The number of aliphatic hydroxyl groups excluding tert-OH is 1. The van der Waals surface area contributed by atoms with Gasteiger partial charge in [0.05, 0.1) is 6.10 Å². The summed E-state index contributed by atoms with van der Waals surface area (Å²) in [7, 11) is 3.99. The second kappa shape index (κ2) is 8.43. The zero-order chi connectivity index (χ0) is 17.6. The van der Waals surface area contributed by atoms with Crippen LogP contribution >= 0.6 is 0 Å². The standard InChI is InChI=1S/C20H28N4O/c1-22(2)20-9-8-18(12-21-20)14-24-11-10-23(15-19(25)16-24)13-17-6-4-3-5-7-17/h3-9,12,19,25H,10-11,13-16H2,1-2H3. The van der Waals surface area contributed by atoms with E-state index in [1.807, 2.05) is 37.3 Å². The first-order chi connectivity index (χ1) is 12.1. The van der Waals surface area contributed by atoms with Crippen molar-refractivity contribution in [1.29, 1.82) is 0 Å². The van der Waals surface area contributed by atoms with E-state index in [0.717, 1.165) is 38.5 Å². The van der Waals surface area contributed by atoms with E-state index in [4.69, 9.17) is 0 Å². The van der Waals surface area contributed by atoms with E-state index in [1.165, 1.54) is 11.1 Å². The molecule has 0 saturated carbocycles. The zero-order valence-electron chi connectivity index (χ0n) is 15.2. The van der Waals surface area contributed by atoms with Crippen LogP contribution in [0.15, 0.2) is 48.7 Å². The van der Waals surface area contributed by atoms with E-state index in [-0.39, 0.29) is 6.10 Å². The van der Waals surface area contributed by atoms with Gasteiger partial charge in [-0.25, -0.2) is 4.98 Å². The van der Waals surface area contributed by atoms with Crippen LogP contribution in [0, 0.1) is 0 Å². The molecule has 5 nitrogen and oxygen atoms in total. The zero-order valence-corrected chi connectivity index (χ0v) is 15.2. The Morgan fingerprint density at radius 3 is 2.16 bits per heavy atom. The molecule has 0 spiro atoms. The van der Waals surface area contributed by atoms with E-state index < -0.39 is 0 Å². The van der Waals surface area contributed by atoms with Crippen molar-refractivity contribution in [3.8, 4) is 0 Å². The Hall–Kier alpha value is -1.95. The van der Waals surface area contributed by atoms with Gasteiger partial charge in [-0.3, -0.25) is 9.80 Å². The van der Waals surface area contributed by atoms with Gasteiger partial charge in [-0.15, -0.1) is 0 Å². The number of rotatable bonds is 5. The minimum Gasteiger partial charge on any atom is -0.390 e. The summed E-state index contributed by atoms with van der Waals surface area (Å²) >= 11 is 0. The summed E-state index contributed by atoms with van der Waals surface area (Å²) in [5, 5.41) is 10.4. The SMILES string of the molecule is CN(C)c1ccc(CN2CCN(Cc3ccccc3)CC(O)C2)cn1. The van der Waals surface area contributed by atoms with Gasteiger partial charge < -0.3 is 10.0 Å². The number of hydrogen-bond acceptors (Lipinski definition) is 5. The van der Waals surface area contributed by atoms with Gasteiger partial charge in [-0.2, -0.15) is 0 Å². The fraction of sp³-hybridized carbons (Fsp3) is 0.450.